The highest BCUT2D eigenvalue weighted by Gasteiger charge is 2.52. The van der Waals surface area contributed by atoms with Crippen LogP contribution in [0.1, 0.15) is 247 Å². The molecule has 0 amide bonds. The highest BCUT2D eigenvalue weighted by Crippen LogP contribution is 2.40. The number of hydrogen-bond acceptors (Lipinski definition) is 11. The van der Waals surface area contributed by atoms with Crippen molar-refractivity contribution in [2.45, 2.75) is 277 Å². The average molecular weight is 1040 g/mol. The van der Waals surface area contributed by atoms with Crippen LogP contribution < -0.4 is 0 Å². The van der Waals surface area contributed by atoms with Crippen LogP contribution in [0.2, 0.25) is 0 Å². The van der Waals surface area contributed by atoms with E-state index in [-0.39, 0.29) is 51.3 Å². The van der Waals surface area contributed by atoms with Crippen LogP contribution in [0.25, 0.3) is 0 Å². The molecule has 0 saturated carbocycles. The Kier molecular flexibility index (Phi) is 36.6. The quantitative estimate of drug-likeness (QED) is 0.0437. The largest absolute Gasteiger partial charge is 0.376 e. The monoisotopic (exact) mass is 1040 g/mol. The molecule has 15 heteroatoms. The molecule has 0 aromatic heterocycles. The summed E-state index contributed by atoms with van der Waals surface area (Å²) in [6, 6.07) is 0. The molecule has 7 unspecified atom stereocenters. The van der Waals surface area contributed by atoms with Gasteiger partial charge in [0.25, 0.3) is 20.2 Å². The molecule has 2 fully saturated rings. The fourth-order valence-corrected chi connectivity index (χ4v) is 11.5. The molecular formula is C55H109NO12S2. The third-order valence-electron chi connectivity index (χ3n) is 14.6. The Morgan fingerprint density at radius 2 is 1.04 bits per heavy atom. The van der Waals surface area contributed by atoms with E-state index >= 15 is 0 Å². The fourth-order valence-electron chi connectivity index (χ4n) is 10.5. The summed E-state index contributed by atoms with van der Waals surface area (Å²) in [5.74, 6) is -2.98. The van der Waals surface area contributed by atoms with E-state index in [4.69, 9.17) is 28.4 Å². The smallest absolute Gasteiger partial charge is 0.264 e. The van der Waals surface area contributed by atoms with Gasteiger partial charge in [0, 0.05) is 25.7 Å². The average Bonchev–Trinajstić information content (AvgIpc) is 3.30. The molecule has 0 aromatic carbocycles. The Morgan fingerprint density at radius 3 is 1.53 bits per heavy atom. The van der Waals surface area contributed by atoms with Gasteiger partial charge in [0.05, 0.1) is 36.9 Å². The standard InChI is InChI=1S/C55H109NO12S2/c1-7-11-15-19-23-26-30-36-49(35-29-25-21-17-13-9-3)45-50-37-42-65-55(6,67-50)53(64-41-34-44-70(60,61)62)51-47-66-54(5,48-63-40-33-43-69(57,58)59)68-52(51)46-56(38-31-27-22-18-14-10-4)39-32-28-24-20-16-12-8-2/h49-53H,7-48H2,1-6H3,(H,57,58,59)(H,60,61,62). The van der Waals surface area contributed by atoms with Crippen molar-refractivity contribution in [2.75, 3.05) is 64.2 Å². The third-order valence-corrected chi connectivity index (χ3v) is 16.2. The molecule has 2 aliphatic heterocycles. The van der Waals surface area contributed by atoms with Crippen LogP contribution in [0.15, 0.2) is 0 Å². The van der Waals surface area contributed by atoms with Crippen LogP contribution >= 0.6 is 0 Å². The molecule has 2 saturated heterocycles. The lowest BCUT2D eigenvalue weighted by Crippen LogP contribution is -2.63. The summed E-state index contributed by atoms with van der Waals surface area (Å²) in [5.41, 5.74) is 0. The summed E-state index contributed by atoms with van der Waals surface area (Å²) in [5, 5.41) is 0. The first-order chi connectivity index (χ1) is 33.6. The zero-order valence-electron chi connectivity index (χ0n) is 45.8. The second kappa shape index (κ2) is 39.0. The summed E-state index contributed by atoms with van der Waals surface area (Å²) >= 11 is 0. The summed E-state index contributed by atoms with van der Waals surface area (Å²) < 4.78 is 106. The van der Waals surface area contributed by atoms with Crippen molar-refractivity contribution in [2.24, 2.45) is 11.8 Å². The SMILES string of the molecule is CCCCCCCCCC(CCCCCCCC)CC1CCOC(C)(C(OCCCS(=O)(=O)O)C2COC(C)(COCCCS(=O)(=O)O)OC2CN(CCCCCCCC)CCCCCCCCC)O1. The van der Waals surface area contributed by atoms with Gasteiger partial charge >= 0.3 is 0 Å². The highest BCUT2D eigenvalue weighted by atomic mass is 32.2. The maximum absolute atomic E-state index is 11.9. The van der Waals surface area contributed by atoms with Crippen molar-refractivity contribution < 1.29 is 54.4 Å². The van der Waals surface area contributed by atoms with Gasteiger partial charge in [-0.1, -0.05) is 195 Å². The maximum Gasteiger partial charge on any atom is 0.264 e. The van der Waals surface area contributed by atoms with Gasteiger partial charge < -0.3 is 33.3 Å². The van der Waals surface area contributed by atoms with E-state index in [0.717, 1.165) is 38.8 Å². The van der Waals surface area contributed by atoms with Crippen molar-refractivity contribution in [3.8, 4) is 0 Å². The molecule has 2 N–H and O–H groups in total. The Balaban J connectivity index is 2.45. The van der Waals surface area contributed by atoms with Crippen LogP contribution in [-0.4, -0.2) is 125 Å². The van der Waals surface area contributed by atoms with Gasteiger partial charge in [-0.25, -0.2) is 0 Å². The van der Waals surface area contributed by atoms with Gasteiger partial charge in [0.1, 0.15) is 12.7 Å². The van der Waals surface area contributed by atoms with E-state index in [9.17, 15) is 25.9 Å². The van der Waals surface area contributed by atoms with Crippen LogP contribution in [0.3, 0.4) is 0 Å². The number of hydrogen-bond donors (Lipinski definition) is 2. The summed E-state index contributed by atoms with van der Waals surface area (Å²) in [6.07, 6.45) is 35.6. The predicted octanol–water partition coefficient (Wildman–Crippen LogP) is 13.5. The van der Waals surface area contributed by atoms with Crippen LogP contribution in [-0.2, 0) is 48.7 Å². The lowest BCUT2D eigenvalue weighted by Gasteiger charge is -2.51. The lowest BCUT2D eigenvalue weighted by atomic mass is 9.86. The van der Waals surface area contributed by atoms with Gasteiger partial charge in [0.15, 0.2) is 11.6 Å². The van der Waals surface area contributed by atoms with Gasteiger partial charge in [-0.05, 0) is 71.4 Å². The molecule has 0 aliphatic carbocycles. The van der Waals surface area contributed by atoms with Crippen LogP contribution in [0.5, 0.6) is 0 Å². The molecule has 2 rings (SSSR count). The van der Waals surface area contributed by atoms with Crippen LogP contribution in [0, 0.1) is 11.8 Å². The van der Waals surface area contributed by atoms with Crippen molar-refractivity contribution in [1.82, 2.24) is 4.90 Å². The first-order valence-electron chi connectivity index (χ1n) is 29.0. The number of nitrogens with zero attached hydrogens (tertiary/aromatic N) is 1. The molecule has 2 aliphatic rings. The fraction of sp³-hybridized carbons (Fsp3) is 1.00. The van der Waals surface area contributed by atoms with Crippen molar-refractivity contribution in [3.05, 3.63) is 0 Å². The molecular weight excluding hydrogens is 931 g/mol. The third kappa shape index (κ3) is 32.1. The number of unbranched alkanes of at least 4 members (excludes halogenated alkanes) is 22. The second-order valence-electron chi connectivity index (χ2n) is 21.5. The van der Waals surface area contributed by atoms with Crippen molar-refractivity contribution in [1.29, 1.82) is 0 Å². The minimum absolute atomic E-state index is 0.0378. The Morgan fingerprint density at radius 1 is 0.586 bits per heavy atom. The number of ether oxygens (including phenoxy) is 6. The summed E-state index contributed by atoms with van der Waals surface area (Å²) in [6.45, 7) is 16.3. The van der Waals surface area contributed by atoms with E-state index < -0.39 is 55.5 Å². The van der Waals surface area contributed by atoms with Crippen molar-refractivity contribution >= 4 is 20.2 Å². The molecule has 418 valence electrons. The predicted molar refractivity (Wildman–Crippen MR) is 286 cm³/mol. The van der Waals surface area contributed by atoms with E-state index in [1.54, 1.807) is 0 Å². The molecule has 7 atom stereocenters. The zero-order valence-corrected chi connectivity index (χ0v) is 47.5. The molecule has 0 aromatic rings. The molecule has 70 heavy (non-hydrogen) atoms. The first-order valence-corrected chi connectivity index (χ1v) is 32.2. The van der Waals surface area contributed by atoms with E-state index in [1.807, 2.05) is 13.8 Å². The van der Waals surface area contributed by atoms with Gasteiger partial charge in [-0.3, -0.25) is 9.11 Å². The highest BCUT2D eigenvalue weighted by molar-refractivity contribution is 7.86. The Hall–Kier alpha value is -0.460. The minimum Gasteiger partial charge on any atom is -0.376 e. The molecule has 0 bridgehead atoms. The topological polar surface area (TPSA) is 167 Å². The van der Waals surface area contributed by atoms with Gasteiger partial charge in [0.2, 0.25) is 0 Å². The number of rotatable bonds is 47. The summed E-state index contributed by atoms with van der Waals surface area (Å²) in [7, 11) is -8.31. The van der Waals surface area contributed by atoms with E-state index in [2.05, 4.69) is 32.6 Å². The lowest BCUT2D eigenvalue weighted by molar-refractivity contribution is -0.373. The van der Waals surface area contributed by atoms with Gasteiger partial charge in [-0.2, -0.15) is 16.8 Å². The van der Waals surface area contributed by atoms with Gasteiger partial charge in [-0.15, -0.1) is 0 Å². The van der Waals surface area contributed by atoms with E-state index in [1.165, 1.54) is 167 Å². The first kappa shape index (κ1) is 65.7. The van der Waals surface area contributed by atoms with Crippen molar-refractivity contribution in [3.63, 3.8) is 0 Å². The summed E-state index contributed by atoms with van der Waals surface area (Å²) in [4.78, 5) is 2.54. The van der Waals surface area contributed by atoms with E-state index in [0.29, 0.717) is 19.1 Å². The molecule has 0 radical (unpaired) electrons. The normalized spacial score (nSPS) is 23.3. The van der Waals surface area contributed by atoms with Crippen LogP contribution in [0.4, 0.5) is 0 Å². The molecule has 0 spiro atoms. The zero-order chi connectivity index (χ0) is 51.4. The molecule has 2 heterocycles. The maximum atomic E-state index is 11.9. The second-order valence-corrected chi connectivity index (χ2v) is 24.7. The molecule has 13 nitrogen and oxygen atoms in total. The Bertz CT molecular complexity index is 1470. The Labute approximate surface area is 430 Å². The minimum atomic E-state index is -4.20.